The van der Waals surface area contributed by atoms with Gasteiger partial charge < -0.3 is 19.9 Å². The minimum absolute atomic E-state index is 0.0217. The number of rotatable bonds is 4. The monoisotopic (exact) mass is 356 g/mol. The van der Waals surface area contributed by atoms with Gasteiger partial charge in [-0.05, 0) is 6.07 Å². The molecule has 0 aromatic carbocycles. The van der Waals surface area contributed by atoms with E-state index in [-0.39, 0.29) is 12.3 Å². The molecule has 1 aliphatic rings. The maximum Gasteiger partial charge on any atom is 0.225 e. The van der Waals surface area contributed by atoms with E-state index in [9.17, 15) is 9.90 Å². The standard InChI is InChI=1S/C16H20N8O2/c1-22(2)13(26)6-12(25)11-5-10-7-23(3-4-24(10)21-11)16-14-15(18-8-17-14)19-9-20-16/h5,8-9,12,25H,3-4,6-7H2,1-2H3,(H,17,18,19,20). The summed E-state index contributed by atoms with van der Waals surface area (Å²) in [4.78, 5) is 31.2. The summed E-state index contributed by atoms with van der Waals surface area (Å²) in [6.45, 7) is 2.00. The molecule has 1 amide bonds. The Balaban J connectivity index is 1.55. The summed E-state index contributed by atoms with van der Waals surface area (Å²) >= 11 is 0. The van der Waals surface area contributed by atoms with Crippen LogP contribution in [0.2, 0.25) is 0 Å². The van der Waals surface area contributed by atoms with Crippen LogP contribution in [-0.4, -0.2) is 66.3 Å². The molecule has 10 nitrogen and oxygen atoms in total. The van der Waals surface area contributed by atoms with Gasteiger partial charge in [-0.25, -0.2) is 15.0 Å². The molecule has 1 unspecified atom stereocenters. The first-order valence-electron chi connectivity index (χ1n) is 8.37. The van der Waals surface area contributed by atoms with E-state index in [4.69, 9.17) is 0 Å². The van der Waals surface area contributed by atoms with Gasteiger partial charge in [-0.3, -0.25) is 9.48 Å². The van der Waals surface area contributed by atoms with Gasteiger partial charge >= 0.3 is 0 Å². The van der Waals surface area contributed by atoms with Crippen LogP contribution in [0.4, 0.5) is 5.82 Å². The summed E-state index contributed by atoms with van der Waals surface area (Å²) in [5, 5.41) is 14.8. The normalized spacial score (nSPS) is 15.1. The van der Waals surface area contributed by atoms with Crippen LogP contribution >= 0.6 is 0 Å². The zero-order valence-corrected chi connectivity index (χ0v) is 14.6. The van der Waals surface area contributed by atoms with Gasteiger partial charge in [-0.2, -0.15) is 5.10 Å². The molecule has 0 radical (unpaired) electrons. The van der Waals surface area contributed by atoms with E-state index in [0.717, 1.165) is 23.6 Å². The molecule has 0 saturated carbocycles. The summed E-state index contributed by atoms with van der Waals surface area (Å²) < 4.78 is 1.88. The van der Waals surface area contributed by atoms with Gasteiger partial charge in [0.25, 0.3) is 0 Å². The number of aliphatic hydroxyl groups is 1. The van der Waals surface area contributed by atoms with Gasteiger partial charge in [0.1, 0.15) is 17.9 Å². The molecule has 1 atom stereocenters. The van der Waals surface area contributed by atoms with Gasteiger partial charge in [0.2, 0.25) is 5.91 Å². The van der Waals surface area contributed by atoms with Crippen molar-refractivity contribution in [3.63, 3.8) is 0 Å². The fourth-order valence-electron chi connectivity index (χ4n) is 3.08. The van der Waals surface area contributed by atoms with Crippen LogP contribution in [0.5, 0.6) is 0 Å². The van der Waals surface area contributed by atoms with Gasteiger partial charge in [-0.15, -0.1) is 0 Å². The number of nitrogens with zero attached hydrogens (tertiary/aromatic N) is 7. The average molecular weight is 356 g/mol. The molecule has 3 aromatic heterocycles. The van der Waals surface area contributed by atoms with Crippen LogP contribution < -0.4 is 4.90 Å². The number of aromatic nitrogens is 6. The number of carbonyl (C=O) groups excluding carboxylic acids is 1. The summed E-state index contributed by atoms with van der Waals surface area (Å²) in [6.07, 6.45) is 2.22. The number of hydrogen-bond acceptors (Lipinski definition) is 7. The van der Waals surface area contributed by atoms with E-state index in [0.29, 0.717) is 24.4 Å². The Morgan fingerprint density at radius 1 is 1.35 bits per heavy atom. The number of aromatic amines is 1. The van der Waals surface area contributed by atoms with Crippen molar-refractivity contribution in [3.05, 3.63) is 30.1 Å². The van der Waals surface area contributed by atoms with Crippen molar-refractivity contribution in [3.8, 4) is 0 Å². The molecule has 2 N–H and O–H groups in total. The van der Waals surface area contributed by atoms with Crippen LogP contribution in [0.3, 0.4) is 0 Å². The number of hydrogen-bond donors (Lipinski definition) is 2. The number of nitrogens with one attached hydrogen (secondary N) is 1. The molecule has 0 spiro atoms. The van der Waals surface area contributed by atoms with E-state index in [1.807, 2.05) is 10.7 Å². The van der Waals surface area contributed by atoms with Crippen LogP contribution in [0.1, 0.15) is 23.9 Å². The summed E-state index contributed by atoms with van der Waals surface area (Å²) in [6, 6.07) is 1.85. The molecule has 4 rings (SSSR count). The lowest BCUT2D eigenvalue weighted by Crippen LogP contribution is -2.34. The van der Waals surface area contributed by atoms with E-state index >= 15 is 0 Å². The maximum atomic E-state index is 11.8. The zero-order chi connectivity index (χ0) is 18.3. The van der Waals surface area contributed by atoms with Crippen molar-refractivity contribution >= 4 is 22.9 Å². The number of H-pyrrole nitrogens is 1. The van der Waals surface area contributed by atoms with E-state index in [2.05, 4.69) is 29.9 Å². The van der Waals surface area contributed by atoms with Crippen LogP contribution in [0.25, 0.3) is 11.2 Å². The maximum absolute atomic E-state index is 11.8. The molecule has 26 heavy (non-hydrogen) atoms. The molecule has 136 valence electrons. The van der Waals surface area contributed by atoms with Crippen LogP contribution in [0.15, 0.2) is 18.7 Å². The molecule has 10 heteroatoms. The van der Waals surface area contributed by atoms with Crippen molar-refractivity contribution in [2.75, 3.05) is 25.5 Å². The van der Waals surface area contributed by atoms with Gasteiger partial charge in [-0.1, -0.05) is 0 Å². The number of fused-ring (bicyclic) bond motifs is 2. The van der Waals surface area contributed by atoms with E-state index in [1.54, 1.807) is 20.4 Å². The van der Waals surface area contributed by atoms with Crippen molar-refractivity contribution in [1.29, 1.82) is 0 Å². The fourth-order valence-corrected chi connectivity index (χ4v) is 3.08. The second-order valence-corrected chi connectivity index (χ2v) is 6.51. The summed E-state index contributed by atoms with van der Waals surface area (Å²) in [5.74, 6) is 0.664. The second-order valence-electron chi connectivity index (χ2n) is 6.51. The second kappa shape index (κ2) is 6.37. The first kappa shape index (κ1) is 16.5. The van der Waals surface area contributed by atoms with Crippen molar-refractivity contribution in [2.24, 2.45) is 0 Å². The quantitative estimate of drug-likeness (QED) is 0.680. The highest BCUT2D eigenvalue weighted by Gasteiger charge is 2.24. The van der Waals surface area contributed by atoms with Crippen LogP contribution in [0, 0.1) is 0 Å². The Labute approximate surface area is 149 Å². The van der Waals surface area contributed by atoms with Gasteiger partial charge in [0, 0.05) is 20.6 Å². The zero-order valence-electron chi connectivity index (χ0n) is 14.6. The SMILES string of the molecule is CN(C)C(=O)CC(O)c1cc2n(n1)CCN(c1ncnc3nc[nH]c13)C2. The van der Waals surface area contributed by atoms with Gasteiger partial charge in [0.15, 0.2) is 11.5 Å². The topological polar surface area (TPSA) is 116 Å². The lowest BCUT2D eigenvalue weighted by atomic mass is 10.1. The lowest BCUT2D eigenvalue weighted by Gasteiger charge is -2.28. The molecule has 0 fully saturated rings. The average Bonchev–Trinajstić information content (AvgIpc) is 3.27. The number of carbonyl (C=O) groups is 1. The number of amides is 1. The number of imidazole rings is 1. The molecule has 0 bridgehead atoms. The van der Waals surface area contributed by atoms with Crippen LogP contribution in [-0.2, 0) is 17.9 Å². The predicted octanol–water partition coefficient (Wildman–Crippen LogP) is 0.0813. The van der Waals surface area contributed by atoms with E-state index in [1.165, 1.54) is 11.2 Å². The number of anilines is 1. The largest absolute Gasteiger partial charge is 0.386 e. The fraction of sp³-hybridized carbons (Fsp3) is 0.438. The third-order valence-electron chi connectivity index (χ3n) is 4.53. The third kappa shape index (κ3) is 2.88. The first-order chi connectivity index (χ1) is 12.5. The Bertz CT molecular complexity index is 947. The highest BCUT2D eigenvalue weighted by molar-refractivity contribution is 5.82. The van der Waals surface area contributed by atoms with E-state index < -0.39 is 6.10 Å². The Morgan fingerprint density at radius 2 is 2.19 bits per heavy atom. The lowest BCUT2D eigenvalue weighted by molar-refractivity contribution is -0.130. The number of aliphatic hydroxyl groups excluding tert-OH is 1. The first-order valence-corrected chi connectivity index (χ1v) is 8.37. The minimum Gasteiger partial charge on any atom is -0.386 e. The smallest absolute Gasteiger partial charge is 0.225 e. The molecule has 1 aliphatic heterocycles. The Kier molecular flexibility index (Phi) is 4.03. The van der Waals surface area contributed by atoms with Crippen molar-refractivity contribution in [1.82, 2.24) is 34.6 Å². The van der Waals surface area contributed by atoms with Gasteiger partial charge in [0.05, 0.1) is 37.2 Å². The Hall–Kier alpha value is -3.01. The molecular weight excluding hydrogens is 336 g/mol. The highest BCUT2D eigenvalue weighted by Crippen LogP contribution is 2.26. The molecule has 4 heterocycles. The molecule has 0 saturated heterocycles. The molecule has 0 aliphatic carbocycles. The van der Waals surface area contributed by atoms with Crippen molar-refractivity contribution in [2.45, 2.75) is 25.6 Å². The summed E-state index contributed by atoms with van der Waals surface area (Å²) in [7, 11) is 3.34. The highest BCUT2D eigenvalue weighted by atomic mass is 16.3. The Morgan fingerprint density at radius 3 is 3.00 bits per heavy atom. The summed E-state index contributed by atoms with van der Waals surface area (Å²) in [5.41, 5.74) is 2.92. The molecule has 3 aromatic rings. The minimum atomic E-state index is -0.908. The molecular formula is C16H20N8O2. The predicted molar refractivity (Wildman–Crippen MR) is 93.2 cm³/mol. The van der Waals surface area contributed by atoms with Crippen molar-refractivity contribution < 1.29 is 9.90 Å². The third-order valence-corrected chi connectivity index (χ3v) is 4.53.